The molecule has 0 amide bonds. The molecule has 6 nitrogen and oxygen atoms in total. The quantitative estimate of drug-likeness (QED) is 0.595. The molecule has 2 aromatic carbocycles. The van der Waals surface area contributed by atoms with Crippen LogP contribution in [0.15, 0.2) is 42.5 Å². The van der Waals surface area contributed by atoms with Gasteiger partial charge in [-0.3, -0.25) is 9.59 Å². The molecule has 146 valence electrons. The molecule has 29 heavy (non-hydrogen) atoms. The SMILES string of the molecule is CC(C)c1cccc(-c2ccc3c(C#N)c(O)c(C(=O)CCC(=O)O)nc3c2)c1. The molecule has 0 saturated heterocycles. The maximum atomic E-state index is 12.4. The fraction of sp³-hybridized carbons (Fsp3) is 0.217. The van der Waals surface area contributed by atoms with Crippen molar-refractivity contribution in [2.45, 2.75) is 32.6 Å². The van der Waals surface area contributed by atoms with Crippen LogP contribution in [0.3, 0.4) is 0 Å². The number of aromatic hydroxyl groups is 1. The lowest BCUT2D eigenvalue weighted by atomic mass is 9.96. The van der Waals surface area contributed by atoms with E-state index in [0.29, 0.717) is 16.8 Å². The molecule has 3 rings (SSSR count). The minimum absolute atomic E-state index is 0.0452. The van der Waals surface area contributed by atoms with Gasteiger partial charge in [0.15, 0.2) is 11.5 Å². The average molecular weight is 388 g/mol. The highest BCUT2D eigenvalue weighted by Gasteiger charge is 2.21. The third kappa shape index (κ3) is 4.09. The second-order valence-electron chi connectivity index (χ2n) is 7.12. The van der Waals surface area contributed by atoms with E-state index >= 15 is 0 Å². The van der Waals surface area contributed by atoms with E-state index in [4.69, 9.17) is 5.11 Å². The number of nitriles is 1. The smallest absolute Gasteiger partial charge is 0.303 e. The number of benzene rings is 2. The Morgan fingerprint density at radius 1 is 1.10 bits per heavy atom. The molecule has 0 bridgehead atoms. The van der Waals surface area contributed by atoms with Gasteiger partial charge >= 0.3 is 5.97 Å². The Labute approximate surface area is 168 Å². The first kappa shape index (κ1) is 20.0. The molecule has 0 radical (unpaired) electrons. The van der Waals surface area contributed by atoms with Gasteiger partial charge in [-0.1, -0.05) is 50.2 Å². The molecule has 0 fully saturated rings. The Morgan fingerprint density at radius 2 is 1.83 bits per heavy atom. The van der Waals surface area contributed by atoms with Crippen LogP contribution >= 0.6 is 0 Å². The molecular weight excluding hydrogens is 368 g/mol. The van der Waals surface area contributed by atoms with Crippen molar-refractivity contribution in [3.63, 3.8) is 0 Å². The number of carbonyl (C=O) groups is 2. The van der Waals surface area contributed by atoms with E-state index in [9.17, 15) is 20.0 Å². The number of fused-ring (bicyclic) bond motifs is 1. The van der Waals surface area contributed by atoms with Crippen LogP contribution < -0.4 is 0 Å². The number of rotatable bonds is 6. The second kappa shape index (κ2) is 8.11. The largest absolute Gasteiger partial charge is 0.504 e. The van der Waals surface area contributed by atoms with Crippen LogP contribution in [-0.4, -0.2) is 26.9 Å². The zero-order valence-corrected chi connectivity index (χ0v) is 16.1. The van der Waals surface area contributed by atoms with Gasteiger partial charge in [0.25, 0.3) is 0 Å². The molecule has 2 N–H and O–H groups in total. The first-order valence-corrected chi connectivity index (χ1v) is 9.24. The van der Waals surface area contributed by atoms with Crippen LogP contribution in [0.25, 0.3) is 22.0 Å². The summed E-state index contributed by atoms with van der Waals surface area (Å²) in [7, 11) is 0. The fourth-order valence-corrected chi connectivity index (χ4v) is 3.16. The summed E-state index contributed by atoms with van der Waals surface area (Å²) in [6, 6.07) is 15.3. The summed E-state index contributed by atoms with van der Waals surface area (Å²) < 4.78 is 0. The molecule has 0 atom stereocenters. The number of Topliss-reactive ketones (excluding diaryl/α,β-unsaturated/α-hetero) is 1. The average Bonchev–Trinajstić information content (AvgIpc) is 2.71. The standard InChI is InChI=1S/C23H20N2O4/c1-13(2)14-4-3-5-15(10-14)16-6-7-17-18(12-24)23(29)22(25-19(17)11-16)20(26)8-9-21(27)28/h3-7,10-11,13,29H,8-9H2,1-2H3,(H,27,28). The van der Waals surface area contributed by atoms with E-state index < -0.39 is 17.5 Å². The van der Waals surface area contributed by atoms with E-state index in [1.165, 1.54) is 5.56 Å². The van der Waals surface area contributed by atoms with Gasteiger partial charge in [0.05, 0.1) is 11.9 Å². The summed E-state index contributed by atoms with van der Waals surface area (Å²) in [4.78, 5) is 27.4. The predicted octanol–water partition coefficient (Wildman–Crippen LogP) is 4.65. The lowest BCUT2D eigenvalue weighted by molar-refractivity contribution is -0.136. The Balaban J connectivity index is 2.13. The summed E-state index contributed by atoms with van der Waals surface area (Å²) in [5.74, 6) is -1.87. The highest BCUT2D eigenvalue weighted by atomic mass is 16.4. The first-order valence-electron chi connectivity index (χ1n) is 9.24. The minimum atomic E-state index is -1.12. The maximum Gasteiger partial charge on any atom is 0.303 e. The van der Waals surface area contributed by atoms with Gasteiger partial charge in [-0.25, -0.2) is 4.98 Å². The van der Waals surface area contributed by atoms with E-state index in [1.807, 2.05) is 24.3 Å². The second-order valence-corrected chi connectivity index (χ2v) is 7.12. The Morgan fingerprint density at radius 3 is 2.48 bits per heavy atom. The number of hydrogen-bond acceptors (Lipinski definition) is 5. The number of nitrogens with zero attached hydrogens (tertiary/aromatic N) is 2. The normalized spacial score (nSPS) is 10.8. The van der Waals surface area contributed by atoms with Crippen LogP contribution in [0.4, 0.5) is 0 Å². The van der Waals surface area contributed by atoms with Crippen LogP contribution in [0.5, 0.6) is 5.75 Å². The van der Waals surface area contributed by atoms with Crippen molar-refractivity contribution in [1.82, 2.24) is 4.98 Å². The maximum absolute atomic E-state index is 12.4. The molecule has 0 aliphatic heterocycles. The van der Waals surface area contributed by atoms with Crippen molar-refractivity contribution in [3.8, 4) is 22.9 Å². The van der Waals surface area contributed by atoms with Crippen molar-refractivity contribution < 1.29 is 19.8 Å². The van der Waals surface area contributed by atoms with Gasteiger partial charge < -0.3 is 10.2 Å². The first-order chi connectivity index (χ1) is 13.8. The summed E-state index contributed by atoms with van der Waals surface area (Å²) >= 11 is 0. The molecule has 1 aromatic heterocycles. The summed E-state index contributed by atoms with van der Waals surface area (Å²) in [6.45, 7) is 4.22. The molecular formula is C23H20N2O4. The predicted molar refractivity (Wildman–Crippen MR) is 109 cm³/mol. The van der Waals surface area contributed by atoms with E-state index in [1.54, 1.807) is 12.1 Å². The summed E-state index contributed by atoms with van der Waals surface area (Å²) in [5.41, 5.74) is 3.10. The highest BCUT2D eigenvalue weighted by molar-refractivity contribution is 6.02. The van der Waals surface area contributed by atoms with Crippen molar-refractivity contribution >= 4 is 22.7 Å². The number of ketones is 1. The molecule has 0 aliphatic rings. The molecule has 3 aromatic rings. The number of aliphatic carboxylic acids is 1. The topological polar surface area (TPSA) is 111 Å². The molecule has 0 spiro atoms. The van der Waals surface area contributed by atoms with Crippen molar-refractivity contribution in [2.75, 3.05) is 0 Å². The number of hydrogen-bond donors (Lipinski definition) is 2. The Bertz CT molecular complexity index is 1160. The molecule has 0 saturated carbocycles. The van der Waals surface area contributed by atoms with Crippen LogP contribution in [-0.2, 0) is 4.79 Å². The van der Waals surface area contributed by atoms with Crippen LogP contribution in [0.2, 0.25) is 0 Å². The van der Waals surface area contributed by atoms with Gasteiger partial charge in [0.1, 0.15) is 17.3 Å². The van der Waals surface area contributed by atoms with Crippen LogP contribution in [0.1, 0.15) is 54.2 Å². The number of aromatic nitrogens is 1. The van der Waals surface area contributed by atoms with E-state index in [2.05, 4.69) is 31.0 Å². The van der Waals surface area contributed by atoms with E-state index in [-0.39, 0.29) is 24.1 Å². The molecule has 0 unspecified atom stereocenters. The highest BCUT2D eigenvalue weighted by Crippen LogP contribution is 2.32. The Kier molecular flexibility index (Phi) is 5.60. The third-order valence-electron chi connectivity index (χ3n) is 4.79. The molecule has 0 aliphatic carbocycles. The van der Waals surface area contributed by atoms with Gasteiger partial charge in [0.2, 0.25) is 0 Å². The zero-order chi connectivity index (χ0) is 21.1. The minimum Gasteiger partial charge on any atom is -0.504 e. The number of pyridine rings is 1. The summed E-state index contributed by atoms with van der Waals surface area (Å²) in [6.07, 6.45) is -0.676. The third-order valence-corrected chi connectivity index (χ3v) is 4.79. The number of carboxylic acids is 1. The van der Waals surface area contributed by atoms with Crippen molar-refractivity contribution in [3.05, 3.63) is 59.3 Å². The van der Waals surface area contributed by atoms with Crippen LogP contribution in [0, 0.1) is 11.3 Å². The number of carboxylic acid groups (broad SMARTS) is 1. The zero-order valence-electron chi connectivity index (χ0n) is 16.1. The lowest BCUT2D eigenvalue weighted by Crippen LogP contribution is -2.07. The summed E-state index contributed by atoms with van der Waals surface area (Å²) in [5, 5.41) is 29.1. The van der Waals surface area contributed by atoms with Crippen molar-refractivity contribution in [1.29, 1.82) is 5.26 Å². The van der Waals surface area contributed by atoms with Gasteiger partial charge in [-0.2, -0.15) is 5.26 Å². The molecule has 6 heteroatoms. The van der Waals surface area contributed by atoms with E-state index in [0.717, 1.165) is 11.1 Å². The molecule has 1 heterocycles. The van der Waals surface area contributed by atoms with Gasteiger partial charge in [-0.15, -0.1) is 0 Å². The monoisotopic (exact) mass is 388 g/mol. The lowest BCUT2D eigenvalue weighted by Gasteiger charge is -2.11. The Hall–Kier alpha value is -3.72. The van der Waals surface area contributed by atoms with Crippen molar-refractivity contribution in [2.24, 2.45) is 0 Å². The van der Waals surface area contributed by atoms with Gasteiger partial charge in [-0.05, 0) is 28.7 Å². The fourth-order valence-electron chi connectivity index (χ4n) is 3.16. The number of carbonyl (C=O) groups excluding carboxylic acids is 1. The van der Waals surface area contributed by atoms with Gasteiger partial charge in [0, 0.05) is 11.8 Å².